The Morgan fingerprint density at radius 1 is 1.22 bits per heavy atom. The second-order valence-corrected chi connectivity index (χ2v) is 5.60. The standard InChI is InChI=1S/C16H22N6.HI/c17-16(21-13-7-3-1-4-8-13)18-11-15-19-12-20-22(15)14-9-5-2-6-10-14;/h2,5-6,9-10,12-13H,1,3-4,7-8,11H2,(H3,17,18,21);1H. The van der Waals surface area contributed by atoms with Gasteiger partial charge in [0, 0.05) is 6.04 Å². The van der Waals surface area contributed by atoms with Gasteiger partial charge in [0.05, 0.1) is 5.69 Å². The lowest BCUT2D eigenvalue weighted by molar-refractivity contribution is 0.412. The molecule has 1 aliphatic carbocycles. The summed E-state index contributed by atoms with van der Waals surface area (Å²) in [5.74, 6) is 1.27. The molecule has 1 aromatic heterocycles. The quantitative estimate of drug-likeness (QED) is 0.448. The molecule has 124 valence electrons. The monoisotopic (exact) mass is 426 g/mol. The summed E-state index contributed by atoms with van der Waals surface area (Å²) in [6, 6.07) is 10.4. The fourth-order valence-electron chi connectivity index (χ4n) is 2.82. The van der Waals surface area contributed by atoms with Crippen LogP contribution in [0.15, 0.2) is 41.7 Å². The molecular formula is C16H23IN6. The van der Waals surface area contributed by atoms with Gasteiger partial charge in [-0.1, -0.05) is 37.5 Å². The molecule has 2 aromatic rings. The number of guanidine groups is 1. The van der Waals surface area contributed by atoms with E-state index in [1.165, 1.54) is 32.1 Å². The summed E-state index contributed by atoms with van der Waals surface area (Å²) in [4.78, 5) is 8.68. The first-order valence-corrected chi connectivity index (χ1v) is 7.84. The van der Waals surface area contributed by atoms with Gasteiger partial charge in [0.25, 0.3) is 0 Å². The number of aromatic nitrogens is 3. The molecule has 1 heterocycles. The Hall–Kier alpha value is -1.64. The maximum atomic E-state index is 5.99. The summed E-state index contributed by atoms with van der Waals surface area (Å²) in [7, 11) is 0. The molecule has 0 atom stereocenters. The SMILES string of the molecule is I.NC(=NCc1ncnn1-c1ccccc1)NC1CCCCC1. The summed E-state index contributed by atoms with van der Waals surface area (Å²) >= 11 is 0. The Morgan fingerprint density at radius 2 is 1.96 bits per heavy atom. The van der Waals surface area contributed by atoms with Crippen LogP contribution in [0, 0.1) is 0 Å². The molecule has 0 radical (unpaired) electrons. The lowest BCUT2D eigenvalue weighted by Gasteiger charge is -2.23. The van der Waals surface area contributed by atoms with Gasteiger partial charge in [0.15, 0.2) is 11.8 Å². The first-order chi connectivity index (χ1) is 10.8. The smallest absolute Gasteiger partial charge is 0.189 e. The highest BCUT2D eigenvalue weighted by Gasteiger charge is 2.13. The largest absolute Gasteiger partial charge is 0.370 e. The van der Waals surface area contributed by atoms with Crippen LogP contribution in [-0.4, -0.2) is 26.8 Å². The first-order valence-electron chi connectivity index (χ1n) is 7.84. The van der Waals surface area contributed by atoms with Crippen molar-refractivity contribution >= 4 is 29.9 Å². The summed E-state index contributed by atoms with van der Waals surface area (Å²) < 4.78 is 1.79. The minimum Gasteiger partial charge on any atom is -0.370 e. The molecule has 3 N–H and O–H groups in total. The predicted molar refractivity (Wildman–Crippen MR) is 102 cm³/mol. The van der Waals surface area contributed by atoms with E-state index in [-0.39, 0.29) is 24.0 Å². The molecule has 0 aliphatic heterocycles. The number of para-hydroxylation sites is 1. The molecule has 1 aromatic carbocycles. The first kappa shape index (κ1) is 17.7. The van der Waals surface area contributed by atoms with Gasteiger partial charge in [-0.05, 0) is 25.0 Å². The van der Waals surface area contributed by atoms with Crippen LogP contribution in [0.5, 0.6) is 0 Å². The average molecular weight is 426 g/mol. The number of benzene rings is 1. The third-order valence-corrected chi connectivity index (χ3v) is 3.97. The Labute approximate surface area is 153 Å². The number of hydrogen-bond acceptors (Lipinski definition) is 3. The lowest BCUT2D eigenvalue weighted by Crippen LogP contribution is -2.41. The fraction of sp³-hybridized carbons (Fsp3) is 0.438. The normalized spacial score (nSPS) is 15.9. The molecular weight excluding hydrogens is 403 g/mol. The number of hydrogen-bond donors (Lipinski definition) is 2. The van der Waals surface area contributed by atoms with Crippen LogP contribution >= 0.6 is 24.0 Å². The second kappa shape index (κ2) is 8.85. The van der Waals surface area contributed by atoms with Crippen LogP contribution in [0.25, 0.3) is 5.69 Å². The summed E-state index contributed by atoms with van der Waals surface area (Å²) in [6.07, 6.45) is 7.77. The third-order valence-electron chi connectivity index (χ3n) is 3.97. The van der Waals surface area contributed by atoms with E-state index in [2.05, 4.69) is 20.4 Å². The molecule has 1 aliphatic rings. The van der Waals surface area contributed by atoms with E-state index in [0.29, 0.717) is 18.5 Å². The van der Waals surface area contributed by atoms with E-state index in [9.17, 15) is 0 Å². The number of aliphatic imine (C=N–C) groups is 1. The zero-order valence-electron chi connectivity index (χ0n) is 13.1. The van der Waals surface area contributed by atoms with Crippen molar-refractivity contribution in [2.75, 3.05) is 0 Å². The van der Waals surface area contributed by atoms with Crippen LogP contribution in [0.3, 0.4) is 0 Å². The summed E-state index contributed by atoms with van der Waals surface area (Å²) in [6.45, 7) is 0.417. The van der Waals surface area contributed by atoms with Crippen LogP contribution in [-0.2, 0) is 6.54 Å². The summed E-state index contributed by atoms with van der Waals surface area (Å²) in [5.41, 5.74) is 6.97. The number of nitrogens with two attached hydrogens (primary N) is 1. The number of nitrogens with one attached hydrogen (secondary N) is 1. The molecule has 1 saturated carbocycles. The van der Waals surface area contributed by atoms with Crippen molar-refractivity contribution in [3.05, 3.63) is 42.5 Å². The maximum absolute atomic E-state index is 5.99. The molecule has 3 rings (SSSR count). The van der Waals surface area contributed by atoms with E-state index >= 15 is 0 Å². The van der Waals surface area contributed by atoms with Gasteiger partial charge in [-0.3, -0.25) is 0 Å². The van der Waals surface area contributed by atoms with E-state index in [4.69, 9.17) is 5.73 Å². The second-order valence-electron chi connectivity index (χ2n) is 5.60. The van der Waals surface area contributed by atoms with Crippen LogP contribution in [0.1, 0.15) is 37.9 Å². The van der Waals surface area contributed by atoms with Crippen molar-refractivity contribution in [3.63, 3.8) is 0 Å². The van der Waals surface area contributed by atoms with E-state index in [1.54, 1.807) is 11.0 Å². The van der Waals surface area contributed by atoms with Gasteiger partial charge in [-0.15, -0.1) is 24.0 Å². The lowest BCUT2D eigenvalue weighted by atomic mass is 9.96. The minimum atomic E-state index is 0. The van der Waals surface area contributed by atoms with Crippen LogP contribution in [0.2, 0.25) is 0 Å². The molecule has 6 nitrogen and oxygen atoms in total. The Kier molecular flexibility index (Phi) is 6.82. The van der Waals surface area contributed by atoms with Crippen LogP contribution < -0.4 is 11.1 Å². The van der Waals surface area contributed by atoms with Crippen LogP contribution in [0.4, 0.5) is 0 Å². The van der Waals surface area contributed by atoms with Gasteiger partial charge in [-0.2, -0.15) is 5.10 Å². The van der Waals surface area contributed by atoms with E-state index in [0.717, 1.165) is 11.5 Å². The molecule has 7 heteroatoms. The number of rotatable bonds is 4. The van der Waals surface area contributed by atoms with Crippen molar-refractivity contribution in [1.29, 1.82) is 0 Å². The topological polar surface area (TPSA) is 81.1 Å². The van der Waals surface area contributed by atoms with Crippen molar-refractivity contribution in [3.8, 4) is 5.69 Å². The Balaban J connectivity index is 0.00000192. The summed E-state index contributed by atoms with van der Waals surface area (Å²) in [5, 5.41) is 7.57. The van der Waals surface area contributed by atoms with Crippen molar-refractivity contribution in [2.45, 2.75) is 44.7 Å². The molecule has 0 saturated heterocycles. The minimum absolute atomic E-state index is 0. The zero-order chi connectivity index (χ0) is 15.2. The van der Waals surface area contributed by atoms with Gasteiger partial charge in [0.1, 0.15) is 12.9 Å². The highest BCUT2D eigenvalue weighted by atomic mass is 127. The van der Waals surface area contributed by atoms with E-state index in [1.807, 2.05) is 30.3 Å². The highest BCUT2D eigenvalue weighted by Crippen LogP contribution is 2.17. The molecule has 1 fully saturated rings. The van der Waals surface area contributed by atoms with Crippen molar-refractivity contribution < 1.29 is 0 Å². The van der Waals surface area contributed by atoms with Gasteiger partial charge in [-0.25, -0.2) is 14.7 Å². The molecule has 0 bridgehead atoms. The van der Waals surface area contributed by atoms with Gasteiger partial charge >= 0.3 is 0 Å². The highest BCUT2D eigenvalue weighted by molar-refractivity contribution is 14.0. The predicted octanol–water partition coefficient (Wildman–Crippen LogP) is 2.62. The fourth-order valence-corrected chi connectivity index (χ4v) is 2.82. The van der Waals surface area contributed by atoms with Crippen molar-refractivity contribution in [2.24, 2.45) is 10.7 Å². The molecule has 0 amide bonds. The van der Waals surface area contributed by atoms with Crippen molar-refractivity contribution in [1.82, 2.24) is 20.1 Å². The molecule has 23 heavy (non-hydrogen) atoms. The Morgan fingerprint density at radius 3 is 2.70 bits per heavy atom. The Bertz CT molecular complexity index is 619. The zero-order valence-corrected chi connectivity index (χ0v) is 15.4. The van der Waals surface area contributed by atoms with Gasteiger partial charge < -0.3 is 11.1 Å². The maximum Gasteiger partial charge on any atom is 0.189 e. The molecule has 0 spiro atoms. The van der Waals surface area contributed by atoms with E-state index < -0.39 is 0 Å². The average Bonchev–Trinajstić information content (AvgIpc) is 3.03. The van der Waals surface area contributed by atoms with Gasteiger partial charge in [0.2, 0.25) is 0 Å². The third kappa shape index (κ3) is 4.92. The number of halogens is 1. The molecule has 0 unspecified atom stereocenters. The number of nitrogens with zero attached hydrogens (tertiary/aromatic N) is 4.